The van der Waals surface area contributed by atoms with Gasteiger partial charge in [-0.3, -0.25) is 9.89 Å². The van der Waals surface area contributed by atoms with Crippen LogP contribution in [-0.4, -0.2) is 37.5 Å². The summed E-state index contributed by atoms with van der Waals surface area (Å²) in [6.07, 6.45) is 4.10. The number of hydrogen-bond donors (Lipinski definition) is 4. The van der Waals surface area contributed by atoms with E-state index in [2.05, 4.69) is 36.3 Å². The van der Waals surface area contributed by atoms with Crippen LogP contribution in [0.15, 0.2) is 35.4 Å². The summed E-state index contributed by atoms with van der Waals surface area (Å²) in [6.45, 7) is 2.46. The molecule has 10 nitrogen and oxygen atoms in total. The van der Waals surface area contributed by atoms with Gasteiger partial charge in [-0.25, -0.2) is 4.79 Å². The fourth-order valence-corrected chi connectivity index (χ4v) is 3.91. The van der Waals surface area contributed by atoms with Gasteiger partial charge in [-0.1, -0.05) is 29.9 Å². The minimum absolute atomic E-state index is 0.159. The topological polar surface area (TPSA) is 130 Å². The van der Waals surface area contributed by atoms with Crippen LogP contribution in [0.2, 0.25) is 5.02 Å². The molecule has 0 radical (unpaired) electrons. The fraction of sp³-hybridized carbons (Fsp3) is 0.211. The predicted molar refractivity (Wildman–Crippen MR) is 122 cm³/mol. The van der Waals surface area contributed by atoms with Crippen LogP contribution < -0.4 is 21.5 Å². The quantitative estimate of drug-likeness (QED) is 0.348. The van der Waals surface area contributed by atoms with E-state index in [1.54, 1.807) is 25.5 Å². The third kappa shape index (κ3) is 4.37. The van der Waals surface area contributed by atoms with E-state index in [4.69, 9.17) is 11.6 Å². The summed E-state index contributed by atoms with van der Waals surface area (Å²) in [5.74, 6) is 0. The minimum atomic E-state index is -0.431. The maximum absolute atomic E-state index is 12.4. The van der Waals surface area contributed by atoms with Crippen molar-refractivity contribution in [1.82, 2.24) is 30.3 Å². The Morgan fingerprint density at radius 3 is 2.94 bits per heavy atom. The van der Waals surface area contributed by atoms with Gasteiger partial charge in [-0.15, -0.1) is 10.2 Å². The van der Waals surface area contributed by atoms with E-state index in [0.717, 1.165) is 17.3 Å². The fourth-order valence-electron chi connectivity index (χ4n) is 2.91. The SMILES string of the molecule is CCCNC(=O)Nc1cc(-c2nnc(Nc3ccc4[nH]ncc4c3Cl)s2)cn(C)c1=O. The summed E-state index contributed by atoms with van der Waals surface area (Å²) in [5, 5.41) is 26.1. The number of aromatic nitrogens is 5. The number of carbonyl (C=O) groups is 1. The average Bonchev–Trinajstić information content (AvgIpc) is 3.42. The number of aryl methyl sites for hydroxylation is 1. The zero-order chi connectivity index (χ0) is 22.0. The van der Waals surface area contributed by atoms with Crippen LogP contribution >= 0.6 is 22.9 Å². The number of amides is 2. The number of carbonyl (C=O) groups excluding carboxylic acids is 1. The Hall–Kier alpha value is -3.44. The molecule has 0 atom stereocenters. The first-order chi connectivity index (χ1) is 15.0. The number of nitrogens with zero attached hydrogens (tertiary/aromatic N) is 4. The van der Waals surface area contributed by atoms with Crippen molar-refractivity contribution in [2.75, 3.05) is 17.2 Å². The first-order valence-corrected chi connectivity index (χ1v) is 10.6. The maximum atomic E-state index is 12.4. The number of urea groups is 1. The average molecular weight is 459 g/mol. The van der Waals surface area contributed by atoms with E-state index in [-0.39, 0.29) is 11.2 Å². The van der Waals surface area contributed by atoms with Gasteiger partial charge in [0.2, 0.25) is 5.13 Å². The number of benzene rings is 1. The molecule has 0 aliphatic heterocycles. The number of hydrogen-bond acceptors (Lipinski definition) is 7. The number of halogens is 1. The van der Waals surface area contributed by atoms with E-state index in [1.165, 1.54) is 15.9 Å². The number of aromatic amines is 1. The van der Waals surface area contributed by atoms with Gasteiger partial charge in [0.25, 0.3) is 5.56 Å². The number of pyridine rings is 1. The van der Waals surface area contributed by atoms with E-state index in [0.29, 0.717) is 33.0 Å². The molecule has 0 saturated heterocycles. The summed E-state index contributed by atoms with van der Waals surface area (Å²) in [7, 11) is 1.61. The molecule has 2 amide bonds. The van der Waals surface area contributed by atoms with Crippen molar-refractivity contribution in [3.05, 3.63) is 46.0 Å². The van der Waals surface area contributed by atoms with Crippen molar-refractivity contribution < 1.29 is 4.79 Å². The highest BCUT2D eigenvalue weighted by Gasteiger charge is 2.14. The second-order valence-electron chi connectivity index (χ2n) is 6.74. The number of fused-ring (bicyclic) bond motifs is 1. The molecule has 4 aromatic rings. The lowest BCUT2D eigenvalue weighted by atomic mass is 10.2. The van der Waals surface area contributed by atoms with Crippen molar-refractivity contribution in [3.8, 4) is 10.6 Å². The van der Waals surface area contributed by atoms with E-state index in [1.807, 2.05) is 19.1 Å². The third-order valence-electron chi connectivity index (χ3n) is 4.44. The van der Waals surface area contributed by atoms with Gasteiger partial charge >= 0.3 is 6.03 Å². The number of anilines is 3. The van der Waals surface area contributed by atoms with Crippen LogP contribution in [0.3, 0.4) is 0 Å². The Labute approximate surface area is 185 Å². The first kappa shape index (κ1) is 20.8. The summed E-state index contributed by atoms with van der Waals surface area (Å²) < 4.78 is 1.39. The maximum Gasteiger partial charge on any atom is 0.319 e. The second-order valence-corrected chi connectivity index (χ2v) is 8.09. The molecular formula is C19H19ClN8O2S. The lowest BCUT2D eigenvalue weighted by Gasteiger charge is -2.09. The minimum Gasteiger partial charge on any atom is -0.338 e. The molecule has 0 unspecified atom stereocenters. The van der Waals surface area contributed by atoms with Crippen molar-refractivity contribution in [2.24, 2.45) is 7.05 Å². The molecule has 0 saturated carbocycles. The largest absolute Gasteiger partial charge is 0.338 e. The van der Waals surface area contributed by atoms with Gasteiger partial charge in [-0.05, 0) is 24.6 Å². The van der Waals surface area contributed by atoms with Gasteiger partial charge in [-0.2, -0.15) is 5.10 Å². The molecule has 4 N–H and O–H groups in total. The molecule has 0 spiro atoms. The molecule has 0 aliphatic carbocycles. The van der Waals surface area contributed by atoms with E-state index < -0.39 is 6.03 Å². The Morgan fingerprint density at radius 1 is 1.29 bits per heavy atom. The van der Waals surface area contributed by atoms with Crippen molar-refractivity contribution >= 4 is 56.4 Å². The highest BCUT2D eigenvalue weighted by atomic mass is 35.5. The summed E-state index contributed by atoms with van der Waals surface area (Å²) in [6, 6.07) is 4.85. The molecule has 12 heteroatoms. The van der Waals surface area contributed by atoms with Crippen molar-refractivity contribution in [2.45, 2.75) is 13.3 Å². The molecular weight excluding hydrogens is 440 g/mol. The predicted octanol–water partition coefficient (Wildman–Crippen LogP) is 3.71. The number of H-pyrrole nitrogens is 1. The Bertz CT molecular complexity index is 1310. The van der Waals surface area contributed by atoms with Crippen LogP contribution in [-0.2, 0) is 7.05 Å². The van der Waals surface area contributed by atoms with Crippen LogP contribution in [0.1, 0.15) is 13.3 Å². The molecule has 0 fully saturated rings. The molecule has 160 valence electrons. The smallest absolute Gasteiger partial charge is 0.319 e. The van der Waals surface area contributed by atoms with Crippen LogP contribution in [0.4, 0.5) is 21.3 Å². The van der Waals surface area contributed by atoms with Crippen molar-refractivity contribution in [3.63, 3.8) is 0 Å². The van der Waals surface area contributed by atoms with Gasteiger partial charge < -0.3 is 20.5 Å². The summed E-state index contributed by atoms with van der Waals surface area (Å²) in [5.41, 5.74) is 2.00. The highest BCUT2D eigenvalue weighted by Crippen LogP contribution is 2.34. The van der Waals surface area contributed by atoms with Gasteiger partial charge in [0.15, 0.2) is 5.01 Å². The first-order valence-electron chi connectivity index (χ1n) is 9.44. The number of rotatable bonds is 6. The molecule has 4 rings (SSSR count). The normalized spacial score (nSPS) is 10.9. The van der Waals surface area contributed by atoms with Gasteiger partial charge in [0.05, 0.1) is 22.4 Å². The van der Waals surface area contributed by atoms with Crippen LogP contribution in [0.25, 0.3) is 21.5 Å². The summed E-state index contributed by atoms with van der Waals surface area (Å²) in [4.78, 5) is 24.4. The van der Waals surface area contributed by atoms with Gasteiger partial charge in [0, 0.05) is 30.7 Å². The van der Waals surface area contributed by atoms with Crippen LogP contribution in [0, 0.1) is 0 Å². The summed E-state index contributed by atoms with van der Waals surface area (Å²) >= 11 is 7.74. The van der Waals surface area contributed by atoms with Crippen molar-refractivity contribution in [1.29, 1.82) is 0 Å². The third-order valence-corrected chi connectivity index (χ3v) is 5.73. The Morgan fingerprint density at radius 2 is 2.13 bits per heavy atom. The molecule has 3 heterocycles. The Kier molecular flexibility index (Phi) is 5.87. The molecule has 1 aromatic carbocycles. The lowest BCUT2D eigenvalue weighted by Crippen LogP contribution is -2.32. The monoisotopic (exact) mass is 458 g/mol. The highest BCUT2D eigenvalue weighted by molar-refractivity contribution is 7.18. The second kappa shape index (κ2) is 8.74. The Balaban J connectivity index is 1.58. The molecule has 0 bridgehead atoms. The molecule has 3 aromatic heterocycles. The van der Waals surface area contributed by atoms with Crippen LogP contribution in [0.5, 0.6) is 0 Å². The molecule has 0 aliphatic rings. The van der Waals surface area contributed by atoms with E-state index >= 15 is 0 Å². The van der Waals surface area contributed by atoms with E-state index in [9.17, 15) is 9.59 Å². The van der Waals surface area contributed by atoms with Gasteiger partial charge in [0.1, 0.15) is 5.69 Å². The molecule has 31 heavy (non-hydrogen) atoms. The zero-order valence-electron chi connectivity index (χ0n) is 16.7. The number of nitrogens with one attached hydrogen (secondary N) is 4. The zero-order valence-corrected chi connectivity index (χ0v) is 18.3. The lowest BCUT2D eigenvalue weighted by molar-refractivity contribution is 0.252. The standard InChI is InChI=1S/C19H19ClN8O2S/c1-3-6-21-18(30)23-14-7-10(9-28(2)17(14)29)16-26-27-19(31-16)24-13-5-4-12-11(15(13)20)8-22-25-12/h4-5,7-9H,3,6H2,1-2H3,(H,22,25)(H,24,27)(H2,21,23,30).